The van der Waals surface area contributed by atoms with Gasteiger partial charge in [0.25, 0.3) is 0 Å². The van der Waals surface area contributed by atoms with Gasteiger partial charge in [0.15, 0.2) is 5.69 Å². The monoisotopic (exact) mass is 255 g/mol. The van der Waals surface area contributed by atoms with Crippen molar-refractivity contribution in [3.63, 3.8) is 0 Å². The number of halogens is 2. The zero-order valence-corrected chi connectivity index (χ0v) is 9.44. The Morgan fingerprint density at radius 2 is 2.18 bits per heavy atom. The SMILES string of the molecule is Cc1nn(-c2ccc(F)c(Cl)c2)nc1C(=O)O. The average Bonchev–Trinajstić information content (AvgIpc) is 2.64. The second-order valence-electron chi connectivity index (χ2n) is 3.33. The fourth-order valence-corrected chi connectivity index (χ4v) is 1.48. The highest BCUT2D eigenvalue weighted by Gasteiger charge is 2.15. The molecule has 1 aromatic heterocycles. The molecule has 0 unspecified atom stereocenters. The molecule has 7 heteroatoms. The number of aryl methyl sites for hydroxylation is 1. The van der Waals surface area contributed by atoms with Crippen LogP contribution in [-0.2, 0) is 0 Å². The smallest absolute Gasteiger partial charge is 0.358 e. The van der Waals surface area contributed by atoms with Gasteiger partial charge < -0.3 is 5.11 Å². The minimum absolute atomic E-state index is 0.0747. The predicted octanol–water partition coefficient (Wildman–Crippen LogP) is 2.07. The molecule has 5 nitrogen and oxygen atoms in total. The lowest BCUT2D eigenvalue weighted by molar-refractivity contribution is 0.0689. The van der Waals surface area contributed by atoms with Crippen molar-refractivity contribution in [1.82, 2.24) is 15.0 Å². The van der Waals surface area contributed by atoms with Crippen LogP contribution in [0.15, 0.2) is 18.2 Å². The number of hydrogen-bond donors (Lipinski definition) is 1. The van der Waals surface area contributed by atoms with Crippen molar-refractivity contribution in [1.29, 1.82) is 0 Å². The zero-order chi connectivity index (χ0) is 12.6. The van der Waals surface area contributed by atoms with Crippen molar-refractivity contribution in [2.75, 3.05) is 0 Å². The van der Waals surface area contributed by atoms with Gasteiger partial charge in [-0.1, -0.05) is 11.6 Å². The molecule has 0 amide bonds. The first kappa shape index (κ1) is 11.5. The van der Waals surface area contributed by atoms with Crippen molar-refractivity contribution in [3.8, 4) is 5.69 Å². The summed E-state index contributed by atoms with van der Waals surface area (Å²) in [6, 6.07) is 3.89. The quantitative estimate of drug-likeness (QED) is 0.892. The van der Waals surface area contributed by atoms with Gasteiger partial charge in [0.05, 0.1) is 16.4 Å². The molecule has 0 saturated carbocycles. The molecule has 2 rings (SSSR count). The van der Waals surface area contributed by atoms with Gasteiger partial charge in [-0.2, -0.15) is 9.90 Å². The highest BCUT2D eigenvalue weighted by molar-refractivity contribution is 6.30. The summed E-state index contributed by atoms with van der Waals surface area (Å²) in [5.41, 5.74) is 0.524. The largest absolute Gasteiger partial charge is 0.476 e. The molecule has 17 heavy (non-hydrogen) atoms. The van der Waals surface area contributed by atoms with Gasteiger partial charge in [-0.05, 0) is 25.1 Å². The summed E-state index contributed by atoms with van der Waals surface area (Å²) >= 11 is 5.61. The number of carboxylic acid groups (broad SMARTS) is 1. The third-order valence-corrected chi connectivity index (χ3v) is 2.41. The van der Waals surface area contributed by atoms with E-state index in [1.165, 1.54) is 19.1 Å². The molecule has 0 radical (unpaired) electrons. The van der Waals surface area contributed by atoms with E-state index in [9.17, 15) is 9.18 Å². The Balaban J connectivity index is 2.50. The van der Waals surface area contributed by atoms with Crippen molar-refractivity contribution >= 4 is 17.6 Å². The van der Waals surface area contributed by atoms with E-state index in [0.29, 0.717) is 5.69 Å². The van der Waals surface area contributed by atoms with Gasteiger partial charge in [0.1, 0.15) is 5.82 Å². The molecule has 0 bridgehead atoms. The van der Waals surface area contributed by atoms with Crippen LogP contribution in [0.1, 0.15) is 16.2 Å². The summed E-state index contributed by atoms with van der Waals surface area (Å²) in [7, 11) is 0. The van der Waals surface area contributed by atoms with Gasteiger partial charge in [-0.15, -0.1) is 5.10 Å². The third kappa shape index (κ3) is 2.12. The first-order chi connectivity index (χ1) is 7.99. The van der Waals surface area contributed by atoms with Crippen LogP contribution in [0, 0.1) is 12.7 Å². The number of aromatic carboxylic acids is 1. The highest BCUT2D eigenvalue weighted by atomic mass is 35.5. The van der Waals surface area contributed by atoms with Crippen molar-refractivity contribution in [2.24, 2.45) is 0 Å². The van der Waals surface area contributed by atoms with Gasteiger partial charge in [0, 0.05) is 0 Å². The van der Waals surface area contributed by atoms with Crippen LogP contribution in [-0.4, -0.2) is 26.1 Å². The Hall–Kier alpha value is -1.95. The molecule has 0 aliphatic rings. The predicted molar refractivity (Wildman–Crippen MR) is 58.0 cm³/mol. The van der Waals surface area contributed by atoms with Crippen molar-refractivity contribution < 1.29 is 14.3 Å². The van der Waals surface area contributed by atoms with Gasteiger partial charge >= 0.3 is 5.97 Å². The Bertz CT molecular complexity index is 597. The number of benzene rings is 1. The normalized spacial score (nSPS) is 10.5. The molecule has 2 aromatic rings. The molecule has 0 atom stereocenters. The number of nitrogens with zero attached hydrogens (tertiary/aromatic N) is 3. The zero-order valence-electron chi connectivity index (χ0n) is 8.69. The fraction of sp³-hybridized carbons (Fsp3) is 0.100. The van der Waals surface area contributed by atoms with Crippen LogP contribution in [0.3, 0.4) is 0 Å². The number of rotatable bonds is 2. The van der Waals surface area contributed by atoms with Crippen LogP contribution in [0.25, 0.3) is 5.69 Å². The van der Waals surface area contributed by atoms with Crippen molar-refractivity contribution in [3.05, 3.63) is 40.4 Å². The summed E-state index contributed by atoms with van der Waals surface area (Å²) in [5, 5.41) is 16.4. The summed E-state index contributed by atoms with van der Waals surface area (Å²) in [6.45, 7) is 1.53. The Kier molecular flexibility index (Phi) is 2.81. The molecule has 0 spiro atoms. The maximum Gasteiger partial charge on any atom is 0.358 e. The van der Waals surface area contributed by atoms with E-state index in [2.05, 4.69) is 10.2 Å². The Labute approximate surface area is 100 Å². The molecular weight excluding hydrogens is 249 g/mol. The summed E-state index contributed by atoms with van der Waals surface area (Å²) in [5.74, 6) is -1.72. The van der Waals surface area contributed by atoms with Crippen LogP contribution in [0.2, 0.25) is 5.02 Å². The molecule has 88 valence electrons. The Morgan fingerprint density at radius 1 is 1.47 bits per heavy atom. The summed E-state index contributed by atoms with van der Waals surface area (Å²) < 4.78 is 13.0. The number of carboxylic acids is 1. The lowest BCUT2D eigenvalue weighted by Crippen LogP contribution is -2.02. The minimum atomic E-state index is -1.16. The first-order valence-electron chi connectivity index (χ1n) is 4.61. The molecule has 0 saturated heterocycles. The topological polar surface area (TPSA) is 68.0 Å². The van der Waals surface area contributed by atoms with Crippen LogP contribution >= 0.6 is 11.6 Å². The summed E-state index contributed by atoms with van der Waals surface area (Å²) in [6.07, 6.45) is 0. The molecule has 0 aliphatic heterocycles. The van der Waals surface area contributed by atoms with Gasteiger partial charge in [-0.3, -0.25) is 0 Å². The van der Waals surface area contributed by atoms with E-state index in [4.69, 9.17) is 16.7 Å². The van der Waals surface area contributed by atoms with Gasteiger partial charge in [0.2, 0.25) is 0 Å². The van der Waals surface area contributed by atoms with E-state index in [1.54, 1.807) is 0 Å². The van der Waals surface area contributed by atoms with Crippen LogP contribution < -0.4 is 0 Å². The Morgan fingerprint density at radius 3 is 2.71 bits per heavy atom. The second-order valence-corrected chi connectivity index (χ2v) is 3.73. The second kappa shape index (κ2) is 4.14. The molecule has 0 fully saturated rings. The van der Waals surface area contributed by atoms with E-state index < -0.39 is 11.8 Å². The van der Waals surface area contributed by atoms with E-state index in [-0.39, 0.29) is 16.4 Å². The molecule has 0 aliphatic carbocycles. The lowest BCUT2D eigenvalue weighted by Gasteiger charge is -2.00. The van der Waals surface area contributed by atoms with Crippen LogP contribution in [0.5, 0.6) is 0 Å². The number of aromatic nitrogens is 3. The molecule has 1 heterocycles. The first-order valence-corrected chi connectivity index (χ1v) is 4.99. The summed E-state index contributed by atoms with van der Waals surface area (Å²) in [4.78, 5) is 11.9. The van der Waals surface area contributed by atoms with E-state index in [1.807, 2.05) is 0 Å². The highest BCUT2D eigenvalue weighted by Crippen LogP contribution is 2.18. The maximum absolute atomic E-state index is 13.0. The number of carbonyl (C=O) groups is 1. The molecular formula is C10H7ClFN3O2. The van der Waals surface area contributed by atoms with Crippen LogP contribution in [0.4, 0.5) is 4.39 Å². The molecule has 1 N–H and O–H groups in total. The van der Waals surface area contributed by atoms with Crippen molar-refractivity contribution in [2.45, 2.75) is 6.92 Å². The molecule has 1 aromatic carbocycles. The minimum Gasteiger partial charge on any atom is -0.476 e. The lowest BCUT2D eigenvalue weighted by atomic mass is 10.3. The maximum atomic E-state index is 13.0. The van der Waals surface area contributed by atoms with E-state index >= 15 is 0 Å². The standard InChI is InChI=1S/C10H7ClFN3O2/c1-5-9(10(16)17)14-15(13-5)6-2-3-8(12)7(11)4-6/h2-4H,1H3,(H,16,17). The average molecular weight is 256 g/mol. The fourth-order valence-electron chi connectivity index (χ4n) is 1.30. The third-order valence-electron chi connectivity index (χ3n) is 2.12. The van der Waals surface area contributed by atoms with Gasteiger partial charge in [-0.25, -0.2) is 9.18 Å². The van der Waals surface area contributed by atoms with E-state index in [0.717, 1.165) is 10.9 Å². The number of hydrogen-bond acceptors (Lipinski definition) is 3.